The number of hydrogen-bond acceptors (Lipinski definition) is 2. The van der Waals surface area contributed by atoms with Crippen LogP contribution in [0.2, 0.25) is 0 Å². The van der Waals surface area contributed by atoms with Crippen molar-refractivity contribution in [2.24, 2.45) is 23.6 Å². The van der Waals surface area contributed by atoms with Crippen LogP contribution in [0.5, 0.6) is 0 Å². The molecule has 0 aliphatic heterocycles. The highest BCUT2D eigenvalue weighted by atomic mass is 15.2. The maximum absolute atomic E-state index is 5.55. The minimum atomic E-state index is 0.523. The molecule has 1 fully saturated rings. The molecule has 1 rings (SSSR count). The maximum Gasteiger partial charge on any atom is 0.0261 e. The van der Waals surface area contributed by atoms with Crippen molar-refractivity contribution in [1.29, 1.82) is 0 Å². The van der Waals surface area contributed by atoms with Gasteiger partial charge < -0.3 is 0 Å². The summed E-state index contributed by atoms with van der Waals surface area (Å²) in [6, 6.07) is 0.523. The first-order valence-corrected chi connectivity index (χ1v) is 5.11. The fourth-order valence-corrected chi connectivity index (χ4v) is 2.45. The van der Waals surface area contributed by atoms with Gasteiger partial charge in [0.2, 0.25) is 0 Å². The molecule has 1 aliphatic carbocycles. The Hall–Kier alpha value is -0.0800. The smallest absolute Gasteiger partial charge is 0.0261 e. The topological polar surface area (TPSA) is 38.0 Å². The molecule has 1 saturated carbocycles. The highest BCUT2D eigenvalue weighted by molar-refractivity contribution is 4.83. The van der Waals surface area contributed by atoms with Crippen molar-refractivity contribution < 1.29 is 0 Å². The monoisotopic (exact) mass is 170 g/mol. The van der Waals surface area contributed by atoms with Gasteiger partial charge in [0.15, 0.2) is 0 Å². The normalized spacial score (nSPS) is 32.8. The molecule has 0 heterocycles. The van der Waals surface area contributed by atoms with Crippen LogP contribution in [0.15, 0.2) is 0 Å². The summed E-state index contributed by atoms with van der Waals surface area (Å²) in [6.07, 6.45) is 4.09. The van der Waals surface area contributed by atoms with Crippen molar-refractivity contribution >= 4 is 0 Å². The lowest BCUT2D eigenvalue weighted by Gasteiger charge is -2.26. The summed E-state index contributed by atoms with van der Waals surface area (Å²) in [4.78, 5) is 0. The van der Waals surface area contributed by atoms with Crippen LogP contribution in [-0.4, -0.2) is 6.04 Å². The molecule has 12 heavy (non-hydrogen) atoms. The third-order valence-corrected chi connectivity index (χ3v) is 3.15. The molecule has 2 nitrogen and oxygen atoms in total. The average Bonchev–Trinajstić information content (AvgIpc) is 2.37. The second-order valence-corrected chi connectivity index (χ2v) is 4.61. The number of hydrazine groups is 1. The lowest BCUT2D eigenvalue weighted by atomic mass is 9.89. The number of nitrogens with one attached hydrogen (secondary N) is 1. The van der Waals surface area contributed by atoms with E-state index in [2.05, 4.69) is 26.2 Å². The van der Waals surface area contributed by atoms with Crippen LogP contribution in [0.4, 0.5) is 0 Å². The fourth-order valence-electron chi connectivity index (χ4n) is 2.45. The molecule has 0 amide bonds. The minimum Gasteiger partial charge on any atom is -0.271 e. The highest BCUT2D eigenvalue weighted by Gasteiger charge is 2.29. The summed E-state index contributed by atoms with van der Waals surface area (Å²) in [7, 11) is 0. The molecule has 0 spiro atoms. The SMILES string of the molecule is CC1CCC(C(NN)C(C)C)C1. The van der Waals surface area contributed by atoms with E-state index in [9.17, 15) is 0 Å². The van der Waals surface area contributed by atoms with Crippen molar-refractivity contribution in [1.82, 2.24) is 5.43 Å². The highest BCUT2D eigenvalue weighted by Crippen LogP contribution is 2.34. The van der Waals surface area contributed by atoms with E-state index in [1.807, 2.05) is 0 Å². The van der Waals surface area contributed by atoms with Crippen molar-refractivity contribution in [2.75, 3.05) is 0 Å². The Bertz CT molecular complexity index is 134. The molecule has 0 bridgehead atoms. The van der Waals surface area contributed by atoms with Gasteiger partial charge in [0.1, 0.15) is 0 Å². The van der Waals surface area contributed by atoms with E-state index < -0.39 is 0 Å². The van der Waals surface area contributed by atoms with Gasteiger partial charge in [-0.2, -0.15) is 0 Å². The summed E-state index contributed by atoms with van der Waals surface area (Å²) in [6.45, 7) is 6.83. The quantitative estimate of drug-likeness (QED) is 0.501. The van der Waals surface area contributed by atoms with E-state index in [1.54, 1.807) is 0 Å². The van der Waals surface area contributed by atoms with Gasteiger partial charge in [0.05, 0.1) is 0 Å². The van der Waals surface area contributed by atoms with Crippen molar-refractivity contribution in [3.8, 4) is 0 Å². The zero-order chi connectivity index (χ0) is 9.14. The second-order valence-electron chi connectivity index (χ2n) is 4.61. The van der Waals surface area contributed by atoms with Crippen molar-refractivity contribution in [2.45, 2.75) is 46.1 Å². The third-order valence-electron chi connectivity index (χ3n) is 3.15. The molecule has 72 valence electrons. The van der Waals surface area contributed by atoms with Gasteiger partial charge in [0, 0.05) is 6.04 Å². The minimum absolute atomic E-state index is 0.523. The van der Waals surface area contributed by atoms with E-state index in [4.69, 9.17) is 5.84 Å². The van der Waals surface area contributed by atoms with Crippen LogP contribution in [-0.2, 0) is 0 Å². The predicted molar refractivity (Wildman–Crippen MR) is 52.5 cm³/mol. The zero-order valence-corrected chi connectivity index (χ0v) is 8.51. The van der Waals surface area contributed by atoms with Gasteiger partial charge in [-0.1, -0.05) is 27.2 Å². The zero-order valence-electron chi connectivity index (χ0n) is 8.51. The van der Waals surface area contributed by atoms with Crippen molar-refractivity contribution in [3.05, 3.63) is 0 Å². The average molecular weight is 170 g/mol. The Balaban J connectivity index is 2.44. The van der Waals surface area contributed by atoms with Crippen LogP contribution < -0.4 is 11.3 Å². The molecule has 0 radical (unpaired) electrons. The number of hydrogen-bond donors (Lipinski definition) is 2. The molecule has 3 atom stereocenters. The molecule has 0 aromatic rings. The molecule has 3 unspecified atom stereocenters. The first-order chi connectivity index (χ1) is 5.65. The Morgan fingerprint density at radius 3 is 2.33 bits per heavy atom. The van der Waals surface area contributed by atoms with Gasteiger partial charge in [0.25, 0.3) is 0 Å². The molecule has 2 heteroatoms. The van der Waals surface area contributed by atoms with Crippen molar-refractivity contribution in [3.63, 3.8) is 0 Å². The molecule has 0 aromatic carbocycles. The Labute approximate surface area is 75.9 Å². The summed E-state index contributed by atoms with van der Waals surface area (Å²) in [5, 5.41) is 0. The number of rotatable bonds is 3. The molecular weight excluding hydrogens is 148 g/mol. The first-order valence-electron chi connectivity index (χ1n) is 5.11. The lowest BCUT2D eigenvalue weighted by molar-refractivity contribution is 0.284. The van der Waals surface area contributed by atoms with E-state index in [0.29, 0.717) is 12.0 Å². The van der Waals surface area contributed by atoms with Gasteiger partial charge in [-0.25, -0.2) is 0 Å². The molecule has 1 aliphatic rings. The van der Waals surface area contributed by atoms with Gasteiger partial charge in [-0.05, 0) is 30.6 Å². The molecular formula is C10H22N2. The van der Waals surface area contributed by atoms with Gasteiger partial charge in [-0.15, -0.1) is 0 Å². The van der Waals surface area contributed by atoms with Crippen LogP contribution in [0, 0.1) is 17.8 Å². The number of nitrogens with two attached hydrogens (primary N) is 1. The molecule has 3 N–H and O–H groups in total. The fraction of sp³-hybridized carbons (Fsp3) is 1.00. The van der Waals surface area contributed by atoms with Gasteiger partial charge in [-0.3, -0.25) is 11.3 Å². The van der Waals surface area contributed by atoms with E-state index in [0.717, 1.165) is 11.8 Å². The summed E-state index contributed by atoms with van der Waals surface area (Å²) >= 11 is 0. The van der Waals surface area contributed by atoms with E-state index in [1.165, 1.54) is 19.3 Å². The summed E-state index contributed by atoms with van der Waals surface area (Å²) in [5.74, 6) is 7.92. The van der Waals surface area contributed by atoms with Gasteiger partial charge >= 0.3 is 0 Å². The van der Waals surface area contributed by atoms with Crippen LogP contribution in [0.1, 0.15) is 40.0 Å². The van der Waals surface area contributed by atoms with Crippen LogP contribution in [0.25, 0.3) is 0 Å². The van der Waals surface area contributed by atoms with E-state index >= 15 is 0 Å². The predicted octanol–water partition coefficient (Wildman–Crippen LogP) is 1.91. The maximum atomic E-state index is 5.55. The lowest BCUT2D eigenvalue weighted by Crippen LogP contribution is -2.43. The molecule has 0 saturated heterocycles. The Morgan fingerprint density at radius 2 is 2.00 bits per heavy atom. The second kappa shape index (κ2) is 4.24. The standard InChI is InChI=1S/C10H22N2/c1-7(2)10(12-11)9-5-4-8(3)6-9/h7-10,12H,4-6,11H2,1-3H3. The van der Waals surface area contributed by atoms with E-state index in [-0.39, 0.29) is 0 Å². The van der Waals surface area contributed by atoms with Crippen LogP contribution in [0.3, 0.4) is 0 Å². The largest absolute Gasteiger partial charge is 0.271 e. The van der Waals surface area contributed by atoms with Crippen LogP contribution >= 0.6 is 0 Å². The third kappa shape index (κ3) is 2.20. The molecule has 0 aromatic heterocycles. The Morgan fingerprint density at radius 1 is 1.33 bits per heavy atom. The first kappa shape index (κ1) is 10.0. The summed E-state index contributed by atoms with van der Waals surface area (Å²) in [5.41, 5.74) is 2.96. The Kier molecular flexibility index (Phi) is 3.53. The summed E-state index contributed by atoms with van der Waals surface area (Å²) < 4.78 is 0.